The average Bonchev–Trinajstić information content (AvgIpc) is 3.97. The van der Waals surface area contributed by atoms with Crippen molar-refractivity contribution in [2.24, 2.45) is 0 Å². The van der Waals surface area contributed by atoms with Gasteiger partial charge >= 0.3 is 0 Å². The van der Waals surface area contributed by atoms with Crippen LogP contribution in [0.25, 0.3) is 94.8 Å². The van der Waals surface area contributed by atoms with Gasteiger partial charge in [0.25, 0.3) is 0 Å². The van der Waals surface area contributed by atoms with E-state index in [1.165, 1.54) is 28.3 Å². The van der Waals surface area contributed by atoms with Gasteiger partial charge in [-0.3, -0.25) is 14.4 Å². The Labute approximate surface area is 440 Å². The maximum atomic E-state index is 14.1. The minimum atomic E-state index is -2.33. The van der Waals surface area contributed by atoms with E-state index in [2.05, 4.69) is 204 Å². The predicted octanol–water partition coefficient (Wildman–Crippen LogP) is 17.6. The van der Waals surface area contributed by atoms with Gasteiger partial charge in [-0.2, -0.15) is 0 Å². The smallest absolute Gasteiger partial charge is 0.121 e. The molecular weight excluding hydrogens is 1060 g/mol. The molecule has 0 aliphatic heterocycles. The van der Waals surface area contributed by atoms with Crippen molar-refractivity contribution < 1.29 is 33.0 Å². The molecule has 0 unspecified atom stereocenters. The molecule has 0 aliphatic rings. The molecule has 0 N–H and O–H groups in total. The molecule has 0 aliphatic carbocycles. The number of fused-ring (bicyclic) bond motifs is 4. The Morgan fingerprint density at radius 1 is 0.639 bits per heavy atom. The van der Waals surface area contributed by atoms with E-state index < -0.39 is 12.7 Å². The number of aromatic nitrogens is 4. The molecule has 1 radical (unpaired) electrons. The molecule has 0 amide bonds. The first-order valence-corrected chi connectivity index (χ1v) is 24.2. The summed E-state index contributed by atoms with van der Waals surface area (Å²) < 4.78 is 45.1. The summed E-state index contributed by atoms with van der Waals surface area (Å²) in [5.41, 5.74) is 17.1. The molecule has 4 aromatic heterocycles. The Kier molecular flexibility index (Phi) is 13.0. The molecule has 11 aromatic rings. The van der Waals surface area contributed by atoms with Crippen LogP contribution >= 0.6 is 0 Å². The monoisotopic (exact) mass is 1120 g/mol. The van der Waals surface area contributed by atoms with E-state index in [1.807, 2.05) is 18.2 Å². The number of hydrogen-bond acceptors (Lipinski definition) is 4. The molecule has 7 heteroatoms. The fourth-order valence-electron chi connectivity index (χ4n) is 9.44. The maximum Gasteiger partial charge on any atom is 0.121 e. The molecule has 7 aromatic carbocycles. The first-order valence-electron chi connectivity index (χ1n) is 25.7. The van der Waals surface area contributed by atoms with Crippen LogP contribution in [0.3, 0.4) is 0 Å². The van der Waals surface area contributed by atoms with Crippen LogP contribution in [-0.2, 0) is 25.5 Å². The fourth-order valence-corrected chi connectivity index (χ4v) is 9.44. The molecule has 0 saturated heterocycles. The Morgan fingerprint density at radius 3 is 1.93 bits per heavy atom. The summed E-state index contributed by atoms with van der Waals surface area (Å²) in [6, 6.07) is 61.3. The number of furan rings is 1. The first-order chi connectivity index (χ1) is 35.4. The van der Waals surface area contributed by atoms with Crippen molar-refractivity contribution in [2.75, 3.05) is 0 Å². The number of benzene rings is 7. The van der Waals surface area contributed by atoms with E-state index in [-0.39, 0.29) is 48.5 Å². The predicted molar refractivity (Wildman–Crippen MR) is 292 cm³/mol. The van der Waals surface area contributed by atoms with Crippen molar-refractivity contribution in [3.63, 3.8) is 0 Å². The van der Waals surface area contributed by atoms with Gasteiger partial charge in [0.2, 0.25) is 0 Å². The zero-order chi connectivity index (χ0) is 52.1. The molecule has 5 nitrogen and oxygen atoms in total. The molecule has 0 saturated carbocycles. The average molecular weight is 1120 g/mol. The van der Waals surface area contributed by atoms with Gasteiger partial charge in [0, 0.05) is 52.9 Å². The van der Waals surface area contributed by atoms with Gasteiger partial charge in [-0.05, 0) is 87.0 Å². The van der Waals surface area contributed by atoms with Crippen LogP contribution in [0.5, 0.6) is 0 Å². The number of rotatable bonds is 8. The van der Waals surface area contributed by atoms with Crippen molar-refractivity contribution in [1.82, 2.24) is 19.5 Å². The molecule has 11 rings (SSSR count). The minimum Gasteiger partial charge on any atom is -0.501 e. The molecule has 72 heavy (non-hydrogen) atoms. The Balaban J connectivity index is 0.000000264. The summed E-state index contributed by atoms with van der Waals surface area (Å²) in [4.78, 5) is 14.9. The summed E-state index contributed by atoms with van der Waals surface area (Å²) in [7, 11) is 0. The van der Waals surface area contributed by atoms with Gasteiger partial charge in [0.1, 0.15) is 5.58 Å². The number of aryl methyl sites for hydroxylation is 2. The molecule has 0 fully saturated rings. The third-order valence-electron chi connectivity index (χ3n) is 13.2. The van der Waals surface area contributed by atoms with Gasteiger partial charge in [-0.15, -0.1) is 42.0 Å². The van der Waals surface area contributed by atoms with E-state index in [4.69, 9.17) is 18.5 Å². The second-order valence-electron chi connectivity index (χ2n) is 19.8. The zero-order valence-corrected chi connectivity index (χ0v) is 44.1. The van der Waals surface area contributed by atoms with E-state index in [0.29, 0.717) is 5.69 Å². The molecule has 0 atom stereocenters. The maximum absolute atomic E-state index is 14.1. The summed E-state index contributed by atoms with van der Waals surface area (Å²) >= 11 is 0. The Hall–Kier alpha value is -7.31. The molecular formula is C65H57FIrN4O-2. The van der Waals surface area contributed by atoms with Gasteiger partial charge in [0.05, 0.1) is 33.8 Å². The Bertz CT molecular complexity index is 3810. The number of para-hydroxylation sites is 1. The Morgan fingerprint density at radius 2 is 1.29 bits per heavy atom. The summed E-state index contributed by atoms with van der Waals surface area (Å²) in [6.07, 6.45) is 1.71. The van der Waals surface area contributed by atoms with E-state index in [1.54, 1.807) is 12.3 Å². The van der Waals surface area contributed by atoms with E-state index >= 15 is 0 Å². The minimum absolute atomic E-state index is 0. The van der Waals surface area contributed by atoms with Crippen LogP contribution in [0.2, 0.25) is 0 Å². The molecule has 361 valence electrons. The first kappa shape index (κ1) is 45.8. The number of pyridine rings is 2. The SMILES string of the molecule is Cc1nc(-c2ccccc2)cc2nc(-c3[c-]ccc4c3oc3cc(-c5cccc(-c6ccccc6)c5)ccc34)n(-c3c(C(C)C)cccc3C(C)C)c12.[2H]C([2H])([2H])c1c[c-]c(-c2ccc(C(C)(C)C)cn2)c(F)c1.[Ir]. The number of imidazole rings is 1. The second kappa shape index (κ2) is 20.4. The fraction of sp³-hybridized carbons (Fsp3) is 0.185. The van der Waals surface area contributed by atoms with Gasteiger partial charge in [-0.25, -0.2) is 0 Å². The van der Waals surface area contributed by atoms with Crippen LogP contribution in [-0.4, -0.2) is 19.5 Å². The van der Waals surface area contributed by atoms with Crippen molar-refractivity contribution in [3.05, 3.63) is 216 Å². The van der Waals surface area contributed by atoms with Gasteiger partial charge in [0.15, 0.2) is 0 Å². The molecule has 0 bridgehead atoms. The molecule has 4 heterocycles. The topological polar surface area (TPSA) is 56.7 Å². The second-order valence-corrected chi connectivity index (χ2v) is 19.8. The van der Waals surface area contributed by atoms with Crippen LogP contribution < -0.4 is 0 Å². The van der Waals surface area contributed by atoms with Crippen molar-refractivity contribution >= 4 is 33.0 Å². The van der Waals surface area contributed by atoms with E-state index in [9.17, 15) is 4.39 Å². The van der Waals surface area contributed by atoms with Crippen LogP contribution in [0.15, 0.2) is 174 Å². The van der Waals surface area contributed by atoms with Crippen LogP contribution in [0.1, 0.15) is 92.4 Å². The van der Waals surface area contributed by atoms with Crippen molar-refractivity contribution in [2.45, 2.75) is 79.5 Å². The summed E-state index contributed by atoms with van der Waals surface area (Å²) in [5.74, 6) is 0.747. The van der Waals surface area contributed by atoms with E-state index in [0.717, 1.165) is 89.8 Å². The standard InChI is InChI=1S/C49H40N3O.C16H17FN.Ir/c1-30(2)38-21-13-22-39(31(3)4)47(38)52-46-32(5)50-43(34-17-10-7-11-18-34)29-44(46)51-49(52)42-24-14-23-41-40-26-25-37(28-45(40)53-48(41)42)36-20-12-19-35(27-36)33-15-8-6-9-16-33;1-11-5-7-13(14(17)9-11)15-8-6-12(10-18-15)16(2,3)4;/h6-23,25-31H,1-5H3;5-6,8-10H,1-4H3;/q2*-1;/i;1D3;. The number of halogens is 1. The van der Waals surface area contributed by atoms with Crippen LogP contribution in [0.4, 0.5) is 4.39 Å². The van der Waals surface area contributed by atoms with Gasteiger partial charge in [-0.1, -0.05) is 193 Å². The largest absolute Gasteiger partial charge is 0.501 e. The van der Waals surface area contributed by atoms with Gasteiger partial charge < -0.3 is 14.0 Å². The van der Waals surface area contributed by atoms with Crippen molar-refractivity contribution in [3.8, 4) is 61.8 Å². The van der Waals surface area contributed by atoms with Crippen molar-refractivity contribution in [1.29, 1.82) is 0 Å². The third kappa shape index (κ3) is 9.72. The zero-order valence-electron chi connectivity index (χ0n) is 44.7. The summed E-state index contributed by atoms with van der Waals surface area (Å²) in [5, 5.41) is 2.11. The summed E-state index contributed by atoms with van der Waals surface area (Å²) in [6.45, 7) is 15.0. The van der Waals surface area contributed by atoms with Crippen LogP contribution in [0, 0.1) is 31.7 Å². The normalized spacial score (nSPS) is 12.4. The molecule has 0 spiro atoms. The number of hydrogen-bond donors (Lipinski definition) is 0. The quantitative estimate of drug-likeness (QED) is 0.142. The number of nitrogens with zero attached hydrogens (tertiary/aromatic N) is 4. The third-order valence-corrected chi connectivity index (χ3v) is 13.2.